The first-order chi connectivity index (χ1) is 17.3. The quantitative estimate of drug-likeness (QED) is 0.323. The Kier molecular flexibility index (Phi) is 8.85. The van der Waals surface area contributed by atoms with Gasteiger partial charge in [0.1, 0.15) is 5.82 Å². The highest BCUT2D eigenvalue weighted by Gasteiger charge is 2.40. The molecule has 1 aliphatic rings. The fraction of sp³-hybridized carbons (Fsp3) is 0.552. The number of carbonyl (C=O) groups excluding carboxylic acids is 2. The van der Waals surface area contributed by atoms with Gasteiger partial charge < -0.3 is 20.0 Å². The van der Waals surface area contributed by atoms with Crippen LogP contribution in [0.25, 0.3) is 0 Å². The van der Waals surface area contributed by atoms with Gasteiger partial charge in [-0.3, -0.25) is 9.59 Å². The van der Waals surface area contributed by atoms with Gasteiger partial charge in [-0.1, -0.05) is 34.6 Å². The van der Waals surface area contributed by atoms with Crippen molar-refractivity contribution in [3.05, 3.63) is 53.2 Å². The molecular weight excluding hydrogens is 480 g/mol. The van der Waals surface area contributed by atoms with Crippen LogP contribution in [0.2, 0.25) is 18.1 Å². The number of carbonyl (C=O) groups is 2. The SMILES string of the molecule is CCC1C(C)C(Nc2cc(C)ccn2)c2cc(C(=O)NCCO[Si](C)(C)C(C)(C)C)ccc2N1C(C)=O. The highest BCUT2D eigenvalue weighted by molar-refractivity contribution is 6.74. The van der Waals surface area contributed by atoms with Crippen molar-refractivity contribution in [1.29, 1.82) is 0 Å². The topological polar surface area (TPSA) is 83.6 Å². The molecule has 2 N–H and O–H groups in total. The van der Waals surface area contributed by atoms with E-state index in [0.29, 0.717) is 18.7 Å². The Balaban J connectivity index is 1.87. The van der Waals surface area contributed by atoms with Crippen molar-refractivity contribution in [2.75, 3.05) is 23.4 Å². The number of anilines is 2. The predicted molar refractivity (Wildman–Crippen MR) is 154 cm³/mol. The first-order valence-corrected chi connectivity index (χ1v) is 16.2. The molecule has 1 aromatic heterocycles. The van der Waals surface area contributed by atoms with Crippen LogP contribution in [0.3, 0.4) is 0 Å². The Morgan fingerprint density at radius 2 is 1.86 bits per heavy atom. The van der Waals surface area contributed by atoms with Gasteiger partial charge in [-0.25, -0.2) is 4.98 Å². The molecule has 3 unspecified atom stereocenters. The molecule has 0 aliphatic carbocycles. The molecule has 0 fully saturated rings. The van der Waals surface area contributed by atoms with E-state index >= 15 is 0 Å². The monoisotopic (exact) mass is 524 g/mol. The van der Waals surface area contributed by atoms with Crippen LogP contribution >= 0.6 is 0 Å². The van der Waals surface area contributed by atoms with Gasteiger partial charge in [0.05, 0.1) is 12.6 Å². The molecule has 0 spiro atoms. The summed E-state index contributed by atoms with van der Waals surface area (Å²) in [4.78, 5) is 32.2. The molecule has 3 atom stereocenters. The summed E-state index contributed by atoms with van der Waals surface area (Å²) >= 11 is 0. The minimum Gasteiger partial charge on any atom is -0.415 e. The fourth-order valence-electron chi connectivity index (χ4n) is 4.81. The van der Waals surface area contributed by atoms with E-state index in [2.05, 4.69) is 63.3 Å². The van der Waals surface area contributed by atoms with Crippen LogP contribution in [-0.2, 0) is 9.22 Å². The summed E-state index contributed by atoms with van der Waals surface area (Å²) in [6.45, 7) is 19.9. The number of aryl methyl sites for hydroxylation is 1. The lowest BCUT2D eigenvalue weighted by Gasteiger charge is -2.45. The molecule has 37 heavy (non-hydrogen) atoms. The number of nitrogens with zero attached hydrogens (tertiary/aromatic N) is 2. The number of nitrogens with one attached hydrogen (secondary N) is 2. The van der Waals surface area contributed by atoms with Crippen LogP contribution in [0.1, 0.15) is 75.5 Å². The van der Waals surface area contributed by atoms with Crippen LogP contribution in [0.5, 0.6) is 0 Å². The maximum absolute atomic E-state index is 13.1. The van der Waals surface area contributed by atoms with Gasteiger partial charge in [0.25, 0.3) is 5.91 Å². The summed E-state index contributed by atoms with van der Waals surface area (Å²) in [5.41, 5.74) is 3.47. The lowest BCUT2D eigenvalue weighted by atomic mass is 9.80. The Morgan fingerprint density at radius 1 is 1.16 bits per heavy atom. The fourth-order valence-corrected chi connectivity index (χ4v) is 5.86. The van der Waals surface area contributed by atoms with E-state index in [1.54, 1.807) is 13.1 Å². The number of rotatable bonds is 8. The summed E-state index contributed by atoms with van der Waals surface area (Å²) in [7, 11) is -1.87. The van der Waals surface area contributed by atoms with Crippen molar-refractivity contribution in [1.82, 2.24) is 10.3 Å². The second-order valence-corrected chi connectivity index (χ2v) is 16.5. The predicted octanol–water partition coefficient (Wildman–Crippen LogP) is 6.08. The van der Waals surface area contributed by atoms with Crippen LogP contribution in [0.4, 0.5) is 11.5 Å². The van der Waals surface area contributed by atoms with Gasteiger partial charge in [0, 0.05) is 42.9 Å². The van der Waals surface area contributed by atoms with E-state index in [-0.39, 0.29) is 34.9 Å². The number of hydrogen-bond acceptors (Lipinski definition) is 5. The molecule has 0 saturated carbocycles. The van der Waals surface area contributed by atoms with Crippen LogP contribution in [-0.4, -0.2) is 44.3 Å². The molecule has 1 aromatic carbocycles. The van der Waals surface area contributed by atoms with Gasteiger partial charge in [-0.05, 0) is 72.9 Å². The van der Waals surface area contributed by atoms with E-state index in [0.717, 1.165) is 29.1 Å². The minimum atomic E-state index is -1.87. The van der Waals surface area contributed by atoms with E-state index in [1.807, 2.05) is 42.2 Å². The van der Waals surface area contributed by atoms with Gasteiger partial charge in [0.15, 0.2) is 8.32 Å². The van der Waals surface area contributed by atoms with E-state index in [9.17, 15) is 9.59 Å². The Labute approximate surface area is 223 Å². The van der Waals surface area contributed by atoms with Crippen LogP contribution in [0.15, 0.2) is 36.5 Å². The zero-order chi connectivity index (χ0) is 27.5. The number of benzene rings is 1. The lowest BCUT2D eigenvalue weighted by Crippen LogP contribution is -2.49. The van der Waals surface area contributed by atoms with E-state index < -0.39 is 8.32 Å². The highest BCUT2D eigenvalue weighted by atomic mass is 28.4. The molecule has 0 saturated heterocycles. The third-order valence-corrected chi connectivity index (χ3v) is 12.5. The molecule has 2 aromatic rings. The first-order valence-electron chi connectivity index (χ1n) is 13.3. The Bertz CT molecular complexity index is 1130. The van der Waals surface area contributed by atoms with Crippen LogP contribution in [0, 0.1) is 12.8 Å². The summed E-state index contributed by atoms with van der Waals surface area (Å²) in [5, 5.41) is 6.74. The third kappa shape index (κ3) is 6.41. The summed E-state index contributed by atoms with van der Waals surface area (Å²) < 4.78 is 6.21. The smallest absolute Gasteiger partial charge is 0.251 e. The van der Waals surface area contributed by atoms with Crippen molar-refractivity contribution in [3.63, 3.8) is 0 Å². The molecule has 202 valence electrons. The molecule has 1 aliphatic heterocycles. The summed E-state index contributed by atoms with van der Waals surface area (Å²) in [6, 6.07) is 9.56. The number of amides is 2. The molecule has 7 nitrogen and oxygen atoms in total. The number of pyridine rings is 1. The van der Waals surface area contributed by atoms with Crippen molar-refractivity contribution in [2.24, 2.45) is 5.92 Å². The van der Waals surface area contributed by atoms with Crippen molar-refractivity contribution in [2.45, 2.75) is 85.1 Å². The third-order valence-electron chi connectivity index (χ3n) is 7.98. The van der Waals surface area contributed by atoms with Gasteiger partial charge in [-0.2, -0.15) is 0 Å². The van der Waals surface area contributed by atoms with Gasteiger partial charge >= 0.3 is 0 Å². The zero-order valence-electron chi connectivity index (χ0n) is 23.9. The largest absolute Gasteiger partial charge is 0.415 e. The lowest BCUT2D eigenvalue weighted by molar-refractivity contribution is -0.117. The average molecular weight is 525 g/mol. The molecule has 2 heterocycles. The van der Waals surface area contributed by atoms with Gasteiger partial charge in [-0.15, -0.1) is 0 Å². The normalized spacial score (nSPS) is 19.8. The molecule has 3 rings (SSSR count). The zero-order valence-corrected chi connectivity index (χ0v) is 24.9. The Hall–Kier alpha value is -2.71. The second kappa shape index (κ2) is 11.4. The van der Waals surface area contributed by atoms with Crippen molar-refractivity contribution in [3.8, 4) is 0 Å². The number of aromatic nitrogens is 1. The molecule has 8 heteroatoms. The van der Waals surface area contributed by atoms with Crippen LogP contribution < -0.4 is 15.5 Å². The molecule has 0 bridgehead atoms. The molecule has 2 amide bonds. The molecular formula is C29H44N4O3Si. The summed E-state index contributed by atoms with van der Waals surface area (Å²) in [6.07, 6.45) is 2.62. The van der Waals surface area contributed by atoms with E-state index in [1.165, 1.54) is 0 Å². The van der Waals surface area contributed by atoms with Gasteiger partial charge in [0.2, 0.25) is 5.91 Å². The molecule has 0 radical (unpaired) electrons. The maximum atomic E-state index is 13.1. The summed E-state index contributed by atoms with van der Waals surface area (Å²) in [5.74, 6) is 0.757. The van der Waals surface area contributed by atoms with Crippen molar-refractivity contribution < 1.29 is 14.0 Å². The van der Waals surface area contributed by atoms with E-state index in [4.69, 9.17) is 4.43 Å². The number of hydrogen-bond donors (Lipinski definition) is 2. The maximum Gasteiger partial charge on any atom is 0.251 e. The number of fused-ring (bicyclic) bond motifs is 1. The highest BCUT2D eigenvalue weighted by Crippen LogP contribution is 2.44. The second-order valence-electron chi connectivity index (χ2n) is 11.7. The average Bonchev–Trinajstić information content (AvgIpc) is 2.81. The Morgan fingerprint density at radius 3 is 2.46 bits per heavy atom. The standard InChI is InChI=1S/C29H44N4O3Si/c1-10-24-20(3)27(32-26-17-19(2)13-14-30-26)23-18-22(11-12-25(23)33(24)21(4)34)28(35)31-15-16-36-37(8,9)29(5,6)7/h11-14,17-18,20,24,27H,10,15-16H2,1-9H3,(H,30,32)(H,31,35). The van der Waals surface area contributed by atoms with Crippen molar-refractivity contribution >= 4 is 31.6 Å². The minimum absolute atomic E-state index is 0.00654. The first kappa shape index (κ1) is 28.9.